The van der Waals surface area contributed by atoms with Crippen molar-refractivity contribution in [3.05, 3.63) is 93.3 Å². The largest absolute Gasteiger partial charge is 0.369 e. The molecule has 3 aromatic rings. The predicted molar refractivity (Wildman–Crippen MR) is 153 cm³/mol. The minimum absolute atomic E-state index is 0.138. The van der Waals surface area contributed by atoms with Crippen molar-refractivity contribution in [2.24, 2.45) is 0 Å². The number of anilines is 2. The number of nitrogens with zero attached hydrogens (tertiary/aromatic N) is 2. The average Bonchev–Trinajstić information content (AvgIpc) is 2.90. The van der Waals surface area contributed by atoms with Crippen LogP contribution in [0.2, 0.25) is 5.02 Å². The van der Waals surface area contributed by atoms with E-state index in [0.717, 1.165) is 53.9 Å². The highest BCUT2D eigenvalue weighted by Gasteiger charge is 2.22. The fourth-order valence-corrected chi connectivity index (χ4v) is 5.56. The van der Waals surface area contributed by atoms with E-state index in [0.29, 0.717) is 22.7 Å². The van der Waals surface area contributed by atoms with E-state index < -0.39 is 0 Å². The van der Waals surface area contributed by atoms with Crippen LogP contribution in [0.1, 0.15) is 21.5 Å². The first-order valence-electron chi connectivity index (χ1n) is 12.4. The molecule has 1 saturated heterocycles. The molecule has 190 valence electrons. The zero-order valence-corrected chi connectivity index (χ0v) is 22.2. The van der Waals surface area contributed by atoms with Crippen molar-refractivity contribution in [3.63, 3.8) is 0 Å². The van der Waals surface area contributed by atoms with Gasteiger partial charge in [0.2, 0.25) is 0 Å². The van der Waals surface area contributed by atoms with Crippen LogP contribution < -0.4 is 15.5 Å². The van der Waals surface area contributed by atoms with Gasteiger partial charge in [0.1, 0.15) is 0 Å². The van der Waals surface area contributed by atoms with Crippen LogP contribution in [0.15, 0.2) is 76.5 Å². The number of hydrogen-bond acceptors (Lipinski definition) is 5. The van der Waals surface area contributed by atoms with Gasteiger partial charge in [-0.3, -0.25) is 14.5 Å². The number of nitrogens with one attached hydrogen (secondary N) is 2. The third kappa shape index (κ3) is 6.36. The van der Waals surface area contributed by atoms with E-state index >= 15 is 0 Å². The number of benzene rings is 3. The fraction of sp³-hybridized carbons (Fsp3) is 0.241. The van der Waals surface area contributed by atoms with Crippen molar-refractivity contribution in [2.45, 2.75) is 11.8 Å². The second-order valence-electron chi connectivity index (χ2n) is 9.25. The summed E-state index contributed by atoms with van der Waals surface area (Å²) in [6.07, 6.45) is 1.89. The summed E-state index contributed by atoms with van der Waals surface area (Å²) >= 11 is 7.55. The molecule has 5 rings (SSSR count). The summed E-state index contributed by atoms with van der Waals surface area (Å²) in [6.45, 7) is 7.12. The number of rotatable bonds is 6. The normalized spacial score (nSPS) is 16.9. The first kappa shape index (κ1) is 25.4. The van der Waals surface area contributed by atoms with Crippen molar-refractivity contribution in [2.75, 3.05) is 49.5 Å². The number of carbonyl (C=O) groups is 2. The van der Waals surface area contributed by atoms with Crippen LogP contribution in [0, 0.1) is 6.92 Å². The maximum atomic E-state index is 12.8. The molecule has 2 aliphatic heterocycles. The Hall–Kier alpha value is -3.26. The van der Waals surface area contributed by atoms with E-state index in [1.165, 1.54) is 17.3 Å². The quantitative estimate of drug-likeness (QED) is 0.423. The molecule has 0 saturated carbocycles. The first-order chi connectivity index (χ1) is 17.9. The van der Waals surface area contributed by atoms with Gasteiger partial charge in [-0.15, -0.1) is 0 Å². The number of fused-ring (bicyclic) bond motifs is 1. The Bertz CT molecular complexity index is 1330. The summed E-state index contributed by atoms with van der Waals surface area (Å²) in [5.41, 5.74) is 4.51. The molecule has 1 fully saturated rings. The summed E-state index contributed by atoms with van der Waals surface area (Å²) in [5, 5.41) is 6.71. The molecular formula is C29H29ClN4O2S. The van der Waals surface area contributed by atoms with Gasteiger partial charge in [-0.2, -0.15) is 0 Å². The second-order valence-corrected chi connectivity index (χ2v) is 10.8. The van der Waals surface area contributed by atoms with Crippen molar-refractivity contribution < 1.29 is 9.59 Å². The Morgan fingerprint density at radius 2 is 1.84 bits per heavy atom. The molecule has 0 atom stereocenters. The van der Waals surface area contributed by atoms with E-state index in [1.54, 1.807) is 6.07 Å². The van der Waals surface area contributed by atoms with Gasteiger partial charge >= 0.3 is 0 Å². The summed E-state index contributed by atoms with van der Waals surface area (Å²) in [4.78, 5) is 31.7. The minimum Gasteiger partial charge on any atom is -0.369 e. The number of thioether (sulfide) groups is 1. The van der Waals surface area contributed by atoms with Crippen molar-refractivity contribution >= 4 is 52.6 Å². The van der Waals surface area contributed by atoms with Crippen LogP contribution >= 0.6 is 23.4 Å². The van der Waals surface area contributed by atoms with Crippen LogP contribution in [0.25, 0.3) is 6.08 Å². The highest BCUT2D eigenvalue weighted by atomic mass is 35.5. The van der Waals surface area contributed by atoms with E-state index in [4.69, 9.17) is 11.6 Å². The second kappa shape index (κ2) is 11.4. The molecule has 2 aliphatic rings. The molecule has 2 N–H and O–H groups in total. The number of amides is 2. The molecule has 0 aliphatic carbocycles. The third-order valence-electron chi connectivity index (χ3n) is 6.57. The average molecular weight is 533 g/mol. The predicted octanol–water partition coefficient (Wildman–Crippen LogP) is 5.29. The minimum atomic E-state index is -0.160. The maximum Gasteiger partial charge on any atom is 0.262 e. The SMILES string of the molecule is Cc1ccc(/C=C2/Sc3ccc(C(=O)NCCN4CCN(c5cccc(Cl)c5)CC4)cc3NC2=O)cc1. The molecular weight excluding hydrogens is 504 g/mol. The van der Waals surface area contributed by atoms with Crippen LogP contribution in [-0.4, -0.2) is 56.0 Å². The van der Waals surface area contributed by atoms with Crippen molar-refractivity contribution in [1.29, 1.82) is 0 Å². The van der Waals surface area contributed by atoms with Crippen molar-refractivity contribution in [1.82, 2.24) is 10.2 Å². The zero-order valence-electron chi connectivity index (χ0n) is 20.7. The van der Waals surface area contributed by atoms with E-state index in [1.807, 2.05) is 67.6 Å². The smallest absolute Gasteiger partial charge is 0.262 e. The summed E-state index contributed by atoms with van der Waals surface area (Å²) in [7, 11) is 0. The molecule has 8 heteroatoms. The van der Waals surface area contributed by atoms with Crippen molar-refractivity contribution in [3.8, 4) is 0 Å². The lowest BCUT2D eigenvalue weighted by atomic mass is 10.1. The lowest BCUT2D eigenvalue weighted by molar-refractivity contribution is -0.112. The summed E-state index contributed by atoms with van der Waals surface area (Å²) in [5.74, 6) is -0.298. The Morgan fingerprint density at radius 3 is 2.59 bits per heavy atom. The standard InChI is InChI=1S/C29H29ClN4O2S/c1-20-5-7-21(8-6-20)17-27-29(36)32-25-18-22(9-10-26(25)37-27)28(35)31-11-12-33-13-15-34(16-14-33)24-4-2-3-23(30)19-24/h2-10,17-19H,11-16H2,1H3,(H,31,35)(H,32,36)/b27-17+. The highest BCUT2D eigenvalue weighted by molar-refractivity contribution is 8.04. The molecule has 0 bridgehead atoms. The topological polar surface area (TPSA) is 64.7 Å². The summed E-state index contributed by atoms with van der Waals surface area (Å²) in [6, 6.07) is 21.5. The molecule has 0 aromatic heterocycles. The Labute approximate surface area is 226 Å². The van der Waals surface area contributed by atoms with Gasteiger partial charge in [-0.1, -0.05) is 59.3 Å². The third-order valence-corrected chi connectivity index (χ3v) is 7.90. The van der Waals surface area contributed by atoms with Crippen LogP contribution in [0.3, 0.4) is 0 Å². The lowest BCUT2D eigenvalue weighted by Gasteiger charge is -2.36. The number of hydrogen-bond donors (Lipinski definition) is 2. The van der Waals surface area contributed by atoms with Gasteiger partial charge in [0.25, 0.3) is 11.8 Å². The van der Waals surface area contributed by atoms with Gasteiger partial charge in [0.05, 0.1) is 10.6 Å². The Morgan fingerprint density at radius 1 is 1.05 bits per heavy atom. The number of aryl methyl sites for hydroxylation is 1. The van der Waals surface area contributed by atoms with Gasteiger partial charge in [0, 0.05) is 60.4 Å². The lowest BCUT2D eigenvalue weighted by Crippen LogP contribution is -2.48. The van der Waals surface area contributed by atoms with E-state index in [-0.39, 0.29) is 11.8 Å². The van der Waals surface area contributed by atoms with Gasteiger partial charge in [-0.05, 0) is 55.0 Å². The van der Waals surface area contributed by atoms with E-state index in [9.17, 15) is 9.59 Å². The highest BCUT2D eigenvalue weighted by Crippen LogP contribution is 2.39. The molecule has 6 nitrogen and oxygen atoms in total. The Balaban J connectivity index is 1.12. The monoisotopic (exact) mass is 532 g/mol. The number of piperazine rings is 1. The van der Waals surface area contributed by atoms with Gasteiger partial charge in [0.15, 0.2) is 0 Å². The molecule has 2 amide bonds. The van der Waals surface area contributed by atoms with E-state index in [2.05, 4.69) is 26.5 Å². The number of carbonyl (C=O) groups excluding carboxylic acids is 2. The molecule has 3 aromatic carbocycles. The maximum absolute atomic E-state index is 12.8. The zero-order chi connectivity index (χ0) is 25.8. The number of halogens is 1. The first-order valence-corrected chi connectivity index (χ1v) is 13.6. The molecule has 37 heavy (non-hydrogen) atoms. The van der Waals surface area contributed by atoms with Gasteiger partial charge in [-0.25, -0.2) is 0 Å². The van der Waals surface area contributed by atoms with Crippen LogP contribution in [-0.2, 0) is 4.79 Å². The molecule has 2 heterocycles. The van der Waals surface area contributed by atoms with Crippen LogP contribution in [0.5, 0.6) is 0 Å². The van der Waals surface area contributed by atoms with Crippen LogP contribution in [0.4, 0.5) is 11.4 Å². The van der Waals surface area contributed by atoms with Gasteiger partial charge < -0.3 is 15.5 Å². The molecule has 0 spiro atoms. The molecule has 0 radical (unpaired) electrons. The molecule has 0 unspecified atom stereocenters. The summed E-state index contributed by atoms with van der Waals surface area (Å²) < 4.78 is 0. The Kier molecular flexibility index (Phi) is 7.84. The fourth-order valence-electron chi connectivity index (χ4n) is 4.45.